The highest BCUT2D eigenvalue weighted by Crippen LogP contribution is 2.26. The molecule has 1 aromatic heterocycles. The van der Waals surface area contributed by atoms with E-state index in [4.69, 9.17) is 0 Å². The molecule has 0 amide bonds. The summed E-state index contributed by atoms with van der Waals surface area (Å²) >= 11 is 0. The molecule has 2 aromatic rings. The lowest BCUT2D eigenvalue weighted by Crippen LogP contribution is -2.25. The molecule has 2 N–H and O–H groups in total. The van der Waals surface area contributed by atoms with Gasteiger partial charge in [0.1, 0.15) is 0 Å². The topological polar surface area (TPSA) is 80.1 Å². The van der Waals surface area contributed by atoms with Crippen LogP contribution in [-0.4, -0.2) is 16.5 Å². The van der Waals surface area contributed by atoms with Crippen LogP contribution in [0, 0.1) is 17.0 Å². The van der Waals surface area contributed by atoms with Crippen molar-refractivity contribution in [3.05, 3.63) is 57.8 Å². The van der Waals surface area contributed by atoms with E-state index in [0.717, 1.165) is 35.5 Å². The van der Waals surface area contributed by atoms with Gasteiger partial charge in [-0.2, -0.15) is 0 Å². The van der Waals surface area contributed by atoms with Crippen molar-refractivity contribution in [1.29, 1.82) is 0 Å². The fourth-order valence-corrected chi connectivity index (χ4v) is 2.60. The van der Waals surface area contributed by atoms with Crippen LogP contribution in [0.1, 0.15) is 23.7 Å². The average molecular weight is 284 g/mol. The summed E-state index contributed by atoms with van der Waals surface area (Å²) in [5.41, 5.74) is 10.0. The first-order valence-electron chi connectivity index (χ1n) is 6.86. The van der Waals surface area contributed by atoms with Crippen molar-refractivity contribution in [3.8, 4) is 11.3 Å². The van der Waals surface area contributed by atoms with Crippen LogP contribution in [0.15, 0.2) is 36.4 Å². The number of hydrogen-bond acceptors (Lipinski definition) is 5. The zero-order valence-corrected chi connectivity index (χ0v) is 11.7. The van der Waals surface area contributed by atoms with Gasteiger partial charge in [0.05, 0.1) is 10.6 Å². The first kappa shape index (κ1) is 13.7. The van der Waals surface area contributed by atoms with Gasteiger partial charge in [-0.05, 0) is 25.0 Å². The number of nitro groups is 1. The van der Waals surface area contributed by atoms with Gasteiger partial charge in [-0.15, -0.1) is 0 Å². The van der Waals surface area contributed by atoms with Crippen LogP contribution in [0.2, 0.25) is 0 Å². The molecule has 2 heterocycles. The molecule has 1 aliphatic heterocycles. The van der Waals surface area contributed by atoms with Crippen molar-refractivity contribution in [2.45, 2.75) is 19.4 Å². The van der Waals surface area contributed by atoms with Gasteiger partial charge in [0.25, 0.3) is 5.69 Å². The lowest BCUT2D eigenvalue weighted by molar-refractivity contribution is -0.384. The largest absolute Gasteiger partial charge is 0.270 e. The summed E-state index contributed by atoms with van der Waals surface area (Å²) in [7, 11) is 0. The van der Waals surface area contributed by atoms with Crippen LogP contribution in [0.4, 0.5) is 5.69 Å². The van der Waals surface area contributed by atoms with E-state index in [1.807, 2.05) is 25.1 Å². The number of non-ortho nitro benzene ring substituents is 1. The lowest BCUT2D eigenvalue weighted by atomic mass is 10.0. The second-order valence-corrected chi connectivity index (χ2v) is 5.09. The Kier molecular flexibility index (Phi) is 3.64. The monoisotopic (exact) mass is 284 g/mol. The molecule has 6 heteroatoms. The van der Waals surface area contributed by atoms with Crippen molar-refractivity contribution >= 4 is 5.69 Å². The van der Waals surface area contributed by atoms with Gasteiger partial charge in [0, 0.05) is 36.0 Å². The molecule has 108 valence electrons. The fourth-order valence-electron chi connectivity index (χ4n) is 2.60. The van der Waals surface area contributed by atoms with E-state index in [9.17, 15) is 10.1 Å². The Morgan fingerprint density at radius 1 is 1.33 bits per heavy atom. The highest BCUT2D eigenvalue weighted by molar-refractivity contribution is 5.63. The molecule has 0 spiro atoms. The maximum absolute atomic E-state index is 10.8. The molecule has 0 saturated carbocycles. The molecule has 1 atom stereocenters. The Hall–Kier alpha value is -2.31. The third-order valence-electron chi connectivity index (χ3n) is 3.69. The lowest BCUT2D eigenvalue weighted by Gasteiger charge is -2.13. The fraction of sp³-hybridized carbons (Fsp3) is 0.267. The minimum absolute atomic E-state index is 0.0812. The molecule has 0 aliphatic carbocycles. The molecule has 1 saturated heterocycles. The van der Waals surface area contributed by atoms with Gasteiger partial charge < -0.3 is 0 Å². The van der Waals surface area contributed by atoms with E-state index < -0.39 is 4.92 Å². The second-order valence-electron chi connectivity index (χ2n) is 5.09. The summed E-state index contributed by atoms with van der Waals surface area (Å²) in [6.07, 6.45) is 1.03. The van der Waals surface area contributed by atoms with E-state index in [0.29, 0.717) is 0 Å². The number of nitrogens with zero attached hydrogens (tertiary/aromatic N) is 2. The van der Waals surface area contributed by atoms with Gasteiger partial charge in [0.2, 0.25) is 0 Å². The van der Waals surface area contributed by atoms with Crippen molar-refractivity contribution in [2.75, 3.05) is 6.54 Å². The molecule has 3 rings (SSSR count). The molecule has 21 heavy (non-hydrogen) atoms. The maximum Gasteiger partial charge on any atom is 0.270 e. The SMILES string of the molecule is Cc1nc(-c2cccc([N+](=O)[O-])c2)ccc1C1CCNN1. The van der Waals surface area contributed by atoms with Crippen molar-refractivity contribution < 1.29 is 4.92 Å². The first-order valence-corrected chi connectivity index (χ1v) is 6.86. The van der Waals surface area contributed by atoms with Crippen LogP contribution < -0.4 is 10.9 Å². The Morgan fingerprint density at radius 2 is 2.19 bits per heavy atom. The first-order chi connectivity index (χ1) is 10.1. The molecular weight excluding hydrogens is 268 g/mol. The Labute approximate surface area is 122 Å². The van der Waals surface area contributed by atoms with Crippen LogP contribution in [0.5, 0.6) is 0 Å². The zero-order valence-electron chi connectivity index (χ0n) is 11.7. The predicted molar refractivity (Wildman–Crippen MR) is 79.6 cm³/mol. The number of nitro benzene ring substituents is 1. The minimum Gasteiger partial charge on any atom is -0.258 e. The highest BCUT2D eigenvalue weighted by Gasteiger charge is 2.19. The van der Waals surface area contributed by atoms with Crippen LogP contribution >= 0.6 is 0 Å². The minimum atomic E-state index is -0.390. The predicted octanol–water partition coefficient (Wildman–Crippen LogP) is 2.50. The van der Waals surface area contributed by atoms with Crippen molar-refractivity contribution in [2.24, 2.45) is 0 Å². The number of rotatable bonds is 3. The molecule has 6 nitrogen and oxygen atoms in total. The Balaban J connectivity index is 1.94. The third-order valence-corrected chi connectivity index (χ3v) is 3.69. The number of pyridine rings is 1. The molecular formula is C15H16N4O2. The highest BCUT2D eigenvalue weighted by atomic mass is 16.6. The summed E-state index contributed by atoms with van der Waals surface area (Å²) in [5, 5.41) is 10.8. The normalized spacial score (nSPS) is 17.9. The Morgan fingerprint density at radius 3 is 2.86 bits per heavy atom. The maximum atomic E-state index is 10.8. The van der Waals surface area contributed by atoms with Crippen molar-refractivity contribution in [3.63, 3.8) is 0 Å². The average Bonchev–Trinajstić information content (AvgIpc) is 3.01. The van der Waals surface area contributed by atoms with Crippen molar-refractivity contribution in [1.82, 2.24) is 15.8 Å². The van der Waals surface area contributed by atoms with Gasteiger partial charge >= 0.3 is 0 Å². The zero-order chi connectivity index (χ0) is 14.8. The van der Waals surface area contributed by atoms with E-state index >= 15 is 0 Å². The van der Waals surface area contributed by atoms with Crippen LogP contribution in [-0.2, 0) is 0 Å². The standard InChI is InChI=1S/C15H16N4O2/c1-10-13(15-7-8-16-18-15)5-6-14(17-10)11-3-2-4-12(9-11)19(20)21/h2-6,9,15-16,18H,7-8H2,1H3. The number of nitrogens with one attached hydrogen (secondary N) is 2. The quantitative estimate of drug-likeness (QED) is 0.668. The molecule has 0 radical (unpaired) electrons. The van der Waals surface area contributed by atoms with E-state index in [1.165, 1.54) is 6.07 Å². The number of hydrogen-bond donors (Lipinski definition) is 2. The number of aromatic nitrogens is 1. The van der Waals surface area contributed by atoms with E-state index in [1.54, 1.807) is 12.1 Å². The third kappa shape index (κ3) is 2.76. The van der Waals surface area contributed by atoms with Gasteiger partial charge in [0.15, 0.2) is 0 Å². The second kappa shape index (κ2) is 5.59. The molecule has 1 unspecified atom stereocenters. The summed E-state index contributed by atoms with van der Waals surface area (Å²) in [4.78, 5) is 15.1. The van der Waals surface area contributed by atoms with Crippen LogP contribution in [0.25, 0.3) is 11.3 Å². The molecule has 1 fully saturated rings. The molecule has 1 aromatic carbocycles. The van der Waals surface area contributed by atoms with Crippen LogP contribution in [0.3, 0.4) is 0 Å². The molecule has 1 aliphatic rings. The van der Waals surface area contributed by atoms with Gasteiger partial charge in [-0.1, -0.05) is 18.2 Å². The Bertz CT molecular complexity index is 681. The summed E-state index contributed by atoms with van der Waals surface area (Å²) in [6.45, 7) is 2.91. The number of aryl methyl sites for hydroxylation is 1. The summed E-state index contributed by atoms with van der Waals surface area (Å²) < 4.78 is 0. The number of benzene rings is 1. The summed E-state index contributed by atoms with van der Waals surface area (Å²) in [5.74, 6) is 0. The molecule has 0 bridgehead atoms. The van der Waals surface area contributed by atoms with E-state index in [-0.39, 0.29) is 11.7 Å². The van der Waals surface area contributed by atoms with Gasteiger partial charge in [-0.3, -0.25) is 25.9 Å². The van der Waals surface area contributed by atoms with E-state index in [2.05, 4.69) is 15.8 Å². The number of hydrazine groups is 1. The summed E-state index contributed by atoms with van der Waals surface area (Å²) in [6, 6.07) is 10.8. The van der Waals surface area contributed by atoms with Gasteiger partial charge in [-0.25, -0.2) is 0 Å². The smallest absolute Gasteiger partial charge is 0.258 e.